The van der Waals surface area contributed by atoms with Gasteiger partial charge in [0.2, 0.25) is 11.8 Å². The van der Waals surface area contributed by atoms with Crippen molar-refractivity contribution < 1.29 is 9.59 Å². The van der Waals surface area contributed by atoms with Crippen LogP contribution in [0, 0.1) is 5.92 Å². The Morgan fingerprint density at radius 1 is 1.17 bits per heavy atom. The summed E-state index contributed by atoms with van der Waals surface area (Å²) in [5, 5.41) is 3.16. The van der Waals surface area contributed by atoms with Crippen molar-refractivity contribution in [2.24, 2.45) is 11.7 Å². The van der Waals surface area contributed by atoms with Crippen molar-refractivity contribution in [3.05, 3.63) is 66.0 Å². The van der Waals surface area contributed by atoms with Crippen LogP contribution in [-0.2, 0) is 16.0 Å². The van der Waals surface area contributed by atoms with Crippen molar-refractivity contribution >= 4 is 11.8 Å². The first-order chi connectivity index (χ1) is 14.0. The summed E-state index contributed by atoms with van der Waals surface area (Å²) in [5.41, 5.74) is 7.99. The third-order valence-electron chi connectivity index (χ3n) is 5.50. The molecule has 29 heavy (non-hydrogen) atoms. The number of likely N-dealkylation sites (tertiary alicyclic amines) is 1. The molecule has 3 atom stereocenters. The lowest BCUT2D eigenvalue weighted by Gasteiger charge is -2.29. The Kier molecular flexibility index (Phi) is 6.99. The maximum absolute atomic E-state index is 13.2. The Bertz CT molecular complexity index is 810. The van der Waals surface area contributed by atoms with E-state index in [9.17, 15) is 9.59 Å². The lowest BCUT2D eigenvalue weighted by atomic mass is 10.0. The van der Waals surface area contributed by atoms with Crippen molar-refractivity contribution in [3.8, 4) is 0 Å². The summed E-state index contributed by atoms with van der Waals surface area (Å²) in [5.74, 6) is -0.233. The minimum Gasteiger partial charge on any atom is -0.347 e. The van der Waals surface area contributed by atoms with Crippen molar-refractivity contribution in [1.29, 1.82) is 0 Å². The van der Waals surface area contributed by atoms with Crippen LogP contribution >= 0.6 is 0 Å². The molecule has 3 N–H and O–H groups in total. The normalized spacial score (nSPS) is 18.5. The molecule has 0 aliphatic carbocycles. The molecular weight excluding hydrogens is 364 g/mol. The Labute approximate surface area is 172 Å². The number of aromatic nitrogens is 1. The summed E-state index contributed by atoms with van der Waals surface area (Å²) >= 11 is 0. The number of carbonyl (C=O) groups excluding carboxylic acids is 2. The average molecular weight is 395 g/mol. The highest BCUT2D eigenvalue weighted by Crippen LogP contribution is 2.23. The standard InChI is InChI=1S/C23H30N4O2/c1-16(2)21(24)23(29)27-14-8-12-20(27)22(28)26-19(17-9-4-3-5-10-17)15-18-11-6-7-13-25-18/h3-7,9-11,13,16,19-21H,8,12,14-15,24H2,1-2H3,(H,26,28)/t19-,20?,21?/m0/s1. The lowest BCUT2D eigenvalue weighted by Crippen LogP contribution is -2.53. The lowest BCUT2D eigenvalue weighted by molar-refractivity contribution is -0.140. The van der Waals surface area contributed by atoms with Gasteiger partial charge in [-0.1, -0.05) is 50.2 Å². The fourth-order valence-electron chi connectivity index (χ4n) is 3.71. The minimum absolute atomic E-state index is 0.0352. The Morgan fingerprint density at radius 2 is 1.90 bits per heavy atom. The van der Waals surface area contributed by atoms with Crippen LogP contribution in [0.25, 0.3) is 0 Å². The van der Waals surface area contributed by atoms with Crippen LogP contribution in [0.2, 0.25) is 0 Å². The van der Waals surface area contributed by atoms with Gasteiger partial charge in [0.1, 0.15) is 6.04 Å². The average Bonchev–Trinajstić information content (AvgIpc) is 3.23. The highest BCUT2D eigenvalue weighted by atomic mass is 16.2. The molecule has 0 radical (unpaired) electrons. The van der Waals surface area contributed by atoms with E-state index in [4.69, 9.17) is 5.73 Å². The smallest absolute Gasteiger partial charge is 0.243 e. The van der Waals surface area contributed by atoms with Gasteiger partial charge in [0.05, 0.1) is 12.1 Å². The molecule has 154 valence electrons. The highest BCUT2D eigenvalue weighted by Gasteiger charge is 2.37. The van der Waals surface area contributed by atoms with E-state index in [1.807, 2.05) is 62.4 Å². The van der Waals surface area contributed by atoms with Gasteiger partial charge in [0.25, 0.3) is 0 Å². The fourth-order valence-corrected chi connectivity index (χ4v) is 3.71. The van der Waals surface area contributed by atoms with E-state index in [1.165, 1.54) is 0 Å². The number of nitrogens with zero attached hydrogens (tertiary/aromatic N) is 2. The zero-order chi connectivity index (χ0) is 20.8. The van der Waals surface area contributed by atoms with E-state index in [0.29, 0.717) is 19.4 Å². The number of benzene rings is 1. The summed E-state index contributed by atoms with van der Waals surface area (Å²) in [4.78, 5) is 32.0. The summed E-state index contributed by atoms with van der Waals surface area (Å²) in [6.45, 7) is 4.42. The van der Waals surface area contributed by atoms with Crippen LogP contribution in [0.15, 0.2) is 54.7 Å². The first-order valence-electron chi connectivity index (χ1n) is 10.3. The summed E-state index contributed by atoms with van der Waals surface area (Å²) in [6.07, 6.45) is 3.81. The number of pyridine rings is 1. The highest BCUT2D eigenvalue weighted by molar-refractivity contribution is 5.90. The second-order valence-electron chi connectivity index (χ2n) is 7.96. The van der Waals surface area contributed by atoms with E-state index in [1.54, 1.807) is 11.1 Å². The number of hydrogen-bond donors (Lipinski definition) is 2. The van der Waals surface area contributed by atoms with Gasteiger partial charge in [0.15, 0.2) is 0 Å². The maximum Gasteiger partial charge on any atom is 0.243 e. The third kappa shape index (κ3) is 5.21. The van der Waals surface area contributed by atoms with Gasteiger partial charge in [-0.25, -0.2) is 0 Å². The van der Waals surface area contributed by atoms with E-state index in [-0.39, 0.29) is 23.8 Å². The van der Waals surface area contributed by atoms with E-state index in [0.717, 1.165) is 17.7 Å². The zero-order valence-corrected chi connectivity index (χ0v) is 17.1. The molecule has 2 amide bonds. The molecule has 0 bridgehead atoms. The van der Waals surface area contributed by atoms with Crippen molar-refractivity contribution in [1.82, 2.24) is 15.2 Å². The molecule has 6 heteroatoms. The molecule has 0 spiro atoms. The van der Waals surface area contributed by atoms with Gasteiger partial charge in [-0.3, -0.25) is 14.6 Å². The molecule has 1 aliphatic heterocycles. The van der Waals surface area contributed by atoms with Gasteiger partial charge in [-0.15, -0.1) is 0 Å². The molecule has 6 nitrogen and oxygen atoms in total. The van der Waals surface area contributed by atoms with Crippen molar-refractivity contribution in [2.75, 3.05) is 6.54 Å². The molecule has 1 fully saturated rings. The second kappa shape index (κ2) is 9.65. The van der Waals surface area contributed by atoms with E-state index < -0.39 is 12.1 Å². The van der Waals surface area contributed by atoms with Gasteiger partial charge in [0, 0.05) is 24.9 Å². The predicted octanol–water partition coefficient (Wildman–Crippen LogP) is 2.46. The maximum atomic E-state index is 13.2. The first kappa shape index (κ1) is 21.0. The van der Waals surface area contributed by atoms with Gasteiger partial charge in [-0.2, -0.15) is 0 Å². The third-order valence-corrected chi connectivity index (χ3v) is 5.50. The fraction of sp³-hybridized carbons (Fsp3) is 0.435. The van der Waals surface area contributed by atoms with Gasteiger partial charge < -0.3 is 16.0 Å². The Balaban J connectivity index is 1.76. The van der Waals surface area contributed by atoms with Crippen molar-refractivity contribution in [3.63, 3.8) is 0 Å². The molecule has 1 aromatic heterocycles. The van der Waals surface area contributed by atoms with E-state index in [2.05, 4.69) is 10.3 Å². The minimum atomic E-state index is -0.582. The molecule has 2 aromatic rings. The second-order valence-corrected chi connectivity index (χ2v) is 7.96. The van der Waals surface area contributed by atoms with Crippen LogP contribution in [0.1, 0.15) is 44.0 Å². The molecule has 2 heterocycles. The number of rotatable bonds is 7. The Morgan fingerprint density at radius 3 is 2.55 bits per heavy atom. The summed E-state index contributed by atoms with van der Waals surface area (Å²) in [7, 11) is 0. The van der Waals surface area contributed by atoms with Gasteiger partial charge >= 0.3 is 0 Å². The first-order valence-corrected chi connectivity index (χ1v) is 10.3. The monoisotopic (exact) mass is 394 g/mol. The van der Waals surface area contributed by atoms with Crippen LogP contribution in [-0.4, -0.2) is 40.3 Å². The van der Waals surface area contributed by atoms with E-state index >= 15 is 0 Å². The molecule has 1 aromatic carbocycles. The topological polar surface area (TPSA) is 88.3 Å². The number of nitrogens with two attached hydrogens (primary N) is 1. The zero-order valence-electron chi connectivity index (χ0n) is 17.1. The number of nitrogens with one attached hydrogen (secondary N) is 1. The number of carbonyl (C=O) groups is 2. The van der Waals surface area contributed by atoms with Crippen molar-refractivity contribution in [2.45, 2.75) is 51.2 Å². The quantitative estimate of drug-likeness (QED) is 0.755. The molecular formula is C23H30N4O2. The molecule has 2 unspecified atom stereocenters. The van der Waals surface area contributed by atoms with Crippen LogP contribution < -0.4 is 11.1 Å². The molecule has 1 aliphatic rings. The molecule has 1 saturated heterocycles. The van der Waals surface area contributed by atoms with Crippen LogP contribution in [0.3, 0.4) is 0 Å². The van der Waals surface area contributed by atoms with Gasteiger partial charge in [-0.05, 0) is 36.5 Å². The number of amides is 2. The number of hydrogen-bond acceptors (Lipinski definition) is 4. The molecule has 0 saturated carbocycles. The Hall–Kier alpha value is -2.73. The van der Waals surface area contributed by atoms with Crippen LogP contribution in [0.5, 0.6) is 0 Å². The van der Waals surface area contributed by atoms with Crippen LogP contribution in [0.4, 0.5) is 0 Å². The molecule has 3 rings (SSSR count). The summed E-state index contributed by atoms with van der Waals surface area (Å²) < 4.78 is 0. The SMILES string of the molecule is CC(C)C(N)C(=O)N1CCCC1C(=O)N[C@@H](Cc1ccccn1)c1ccccc1. The summed E-state index contributed by atoms with van der Waals surface area (Å²) in [6, 6.07) is 14.4. The predicted molar refractivity (Wildman–Crippen MR) is 113 cm³/mol. The largest absolute Gasteiger partial charge is 0.347 e.